The van der Waals surface area contributed by atoms with Crippen molar-refractivity contribution in [3.63, 3.8) is 0 Å². The summed E-state index contributed by atoms with van der Waals surface area (Å²) in [5.74, 6) is -0.00528. The molecule has 0 bridgehead atoms. The number of carbonyl (C=O) groups excluding carboxylic acids is 1. The van der Waals surface area contributed by atoms with Crippen LogP contribution in [0.5, 0.6) is 0 Å². The second-order valence-electron chi connectivity index (χ2n) is 3.99. The van der Waals surface area contributed by atoms with E-state index in [9.17, 15) is 15.0 Å². The minimum absolute atomic E-state index is 0.00528. The van der Waals surface area contributed by atoms with Crippen LogP contribution in [-0.4, -0.2) is 71.9 Å². The van der Waals surface area contributed by atoms with Crippen LogP contribution >= 0.6 is 0 Å². The minimum atomic E-state index is -0.779. The highest BCUT2D eigenvalue weighted by molar-refractivity contribution is 5.76. The molecule has 2 atom stereocenters. The molecule has 0 aromatic rings. The van der Waals surface area contributed by atoms with Crippen LogP contribution in [-0.2, 0) is 4.79 Å². The lowest BCUT2D eigenvalue weighted by molar-refractivity contribution is -0.130. The minimum Gasteiger partial charge on any atom is -0.388 e. The molecule has 0 unspecified atom stereocenters. The zero-order chi connectivity index (χ0) is 10.7. The molecular formula is C9H18N2O3. The summed E-state index contributed by atoms with van der Waals surface area (Å²) in [4.78, 5) is 15.0. The Morgan fingerprint density at radius 2 is 1.86 bits per heavy atom. The van der Waals surface area contributed by atoms with Gasteiger partial charge < -0.3 is 20.0 Å². The standard InChI is InChI=1S/C9H18N2O3/c1-10(2)4-3-9(14)11-5-7(12)8(13)6-11/h7-8,12-13H,3-6H2,1-2H3/t7-,8+. The van der Waals surface area contributed by atoms with Crippen molar-refractivity contribution in [3.8, 4) is 0 Å². The molecule has 0 radical (unpaired) electrons. The molecule has 1 heterocycles. The molecule has 2 N–H and O–H groups in total. The number of aliphatic hydroxyl groups excluding tert-OH is 2. The van der Waals surface area contributed by atoms with Gasteiger partial charge in [-0.25, -0.2) is 0 Å². The van der Waals surface area contributed by atoms with Gasteiger partial charge in [0.15, 0.2) is 0 Å². The van der Waals surface area contributed by atoms with Gasteiger partial charge in [-0.2, -0.15) is 0 Å². The molecule has 1 amide bonds. The Balaban J connectivity index is 2.32. The quantitative estimate of drug-likeness (QED) is 0.585. The highest BCUT2D eigenvalue weighted by atomic mass is 16.3. The van der Waals surface area contributed by atoms with Gasteiger partial charge in [0, 0.05) is 26.1 Å². The number of nitrogens with zero attached hydrogens (tertiary/aromatic N) is 2. The number of rotatable bonds is 3. The Hall–Kier alpha value is -0.650. The topological polar surface area (TPSA) is 64.0 Å². The summed E-state index contributed by atoms with van der Waals surface area (Å²) in [6.07, 6.45) is -1.12. The average Bonchev–Trinajstić information content (AvgIpc) is 2.43. The number of hydrogen-bond acceptors (Lipinski definition) is 4. The predicted molar refractivity (Wildman–Crippen MR) is 51.8 cm³/mol. The van der Waals surface area contributed by atoms with E-state index in [4.69, 9.17) is 0 Å². The van der Waals surface area contributed by atoms with Gasteiger partial charge in [0.2, 0.25) is 5.91 Å². The van der Waals surface area contributed by atoms with Crippen LogP contribution in [0.1, 0.15) is 6.42 Å². The normalized spacial score (nSPS) is 27.4. The van der Waals surface area contributed by atoms with Crippen LogP contribution in [0.2, 0.25) is 0 Å². The van der Waals surface area contributed by atoms with E-state index in [1.54, 1.807) is 0 Å². The highest BCUT2D eigenvalue weighted by Gasteiger charge is 2.31. The van der Waals surface area contributed by atoms with Gasteiger partial charge >= 0.3 is 0 Å². The van der Waals surface area contributed by atoms with Gasteiger partial charge in [-0.15, -0.1) is 0 Å². The first-order chi connectivity index (χ1) is 6.50. The molecule has 1 saturated heterocycles. The summed E-state index contributed by atoms with van der Waals surface area (Å²) in [6.45, 7) is 1.21. The van der Waals surface area contributed by atoms with E-state index >= 15 is 0 Å². The molecule has 0 saturated carbocycles. The van der Waals surface area contributed by atoms with Crippen molar-refractivity contribution in [1.29, 1.82) is 0 Å². The summed E-state index contributed by atoms with van der Waals surface area (Å²) in [6, 6.07) is 0. The van der Waals surface area contributed by atoms with Crippen LogP contribution in [0, 0.1) is 0 Å². The Labute approximate surface area is 83.9 Å². The van der Waals surface area contributed by atoms with Gasteiger partial charge in [0.25, 0.3) is 0 Å². The molecular weight excluding hydrogens is 184 g/mol. The van der Waals surface area contributed by atoms with Gasteiger partial charge in [-0.1, -0.05) is 0 Å². The van der Waals surface area contributed by atoms with Crippen molar-refractivity contribution in [3.05, 3.63) is 0 Å². The van der Waals surface area contributed by atoms with Crippen LogP contribution in [0.4, 0.5) is 0 Å². The van der Waals surface area contributed by atoms with Crippen molar-refractivity contribution in [2.45, 2.75) is 18.6 Å². The lowest BCUT2D eigenvalue weighted by Crippen LogP contribution is -2.32. The largest absolute Gasteiger partial charge is 0.388 e. The zero-order valence-corrected chi connectivity index (χ0v) is 8.68. The molecule has 0 aromatic heterocycles. The first-order valence-electron chi connectivity index (χ1n) is 4.79. The first kappa shape index (κ1) is 11.4. The lowest BCUT2D eigenvalue weighted by Gasteiger charge is -2.16. The number of amides is 1. The summed E-state index contributed by atoms with van der Waals surface area (Å²) >= 11 is 0. The van der Waals surface area contributed by atoms with E-state index in [2.05, 4.69) is 0 Å². The summed E-state index contributed by atoms with van der Waals surface area (Å²) in [5, 5.41) is 18.5. The summed E-state index contributed by atoms with van der Waals surface area (Å²) in [7, 11) is 3.81. The Morgan fingerprint density at radius 1 is 1.36 bits per heavy atom. The van der Waals surface area contributed by atoms with Crippen LogP contribution in [0.15, 0.2) is 0 Å². The van der Waals surface area contributed by atoms with Crippen molar-refractivity contribution in [2.75, 3.05) is 33.7 Å². The highest BCUT2D eigenvalue weighted by Crippen LogP contribution is 2.10. The van der Waals surface area contributed by atoms with Crippen molar-refractivity contribution in [2.24, 2.45) is 0 Å². The maximum Gasteiger partial charge on any atom is 0.224 e. The zero-order valence-electron chi connectivity index (χ0n) is 8.68. The molecule has 0 aliphatic carbocycles. The molecule has 1 aliphatic rings. The second-order valence-corrected chi connectivity index (χ2v) is 3.99. The Bertz CT molecular complexity index is 198. The third kappa shape index (κ3) is 2.94. The fraction of sp³-hybridized carbons (Fsp3) is 0.889. The Kier molecular flexibility index (Phi) is 3.86. The first-order valence-corrected chi connectivity index (χ1v) is 4.79. The number of hydrogen-bond donors (Lipinski definition) is 2. The van der Waals surface area contributed by atoms with E-state index in [-0.39, 0.29) is 19.0 Å². The molecule has 1 fully saturated rings. The maximum atomic E-state index is 11.5. The fourth-order valence-corrected chi connectivity index (χ4v) is 1.45. The van der Waals surface area contributed by atoms with E-state index in [0.717, 1.165) is 0 Å². The summed E-state index contributed by atoms with van der Waals surface area (Å²) in [5.41, 5.74) is 0. The van der Waals surface area contributed by atoms with E-state index < -0.39 is 12.2 Å². The van der Waals surface area contributed by atoms with Crippen LogP contribution in [0.25, 0.3) is 0 Å². The molecule has 5 heteroatoms. The van der Waals surface area contributed by atoms with Gasteiger partial charge in [0.1, 0.15) is 0 Å². The molecule has 1 aliphatic heterocycles. The molecule has 0 spiro atoms. The second kappa shape index (κ2) is 4.72. The maximum absolute atomic E-state index is 11.5. The SMILES string of the molecule is CN(C)CCC(=O)N1C[C@@H](O)[C@@H](O)C1. The van der Waals surface area contributed by atoms with Crippen molar-refractivity contribution >= 4 is 5.91 Å². The van der Waals surface area contributed by atoms with Crippen molar-refractivity contribution < 1.29 is 15.0 Å². The van der Waals surface area contributed by atoms with Crippen molar-refractivity contribution in [1.82, 2.24) is 9.80 Å². The molecule has 1 rings (SSSR count). The van der Waals surface area contributed by atoms with E-state index in [0.29, 0.717) is 13.0 Å². The van der Waals surface area contributed by atoms with E-state index in [1.165, 1.54) is 4.90 Å². The molecule has 14 heavy (non-hydrogen) atoms. The lowest BCUT2D eigenvalue weighted by atomic mass is 10.3. The fourth-order valence-electron chi connectivity index (χ4n) is 1.45. The van der Waals surface area contributed by atoms with E-state index in [1.807, 2.05) is 19.0 Å². The number of likely N-dealkylation sites (tertiary alicyclic amines) is 1. The monoisotopic (exact) mass is 202 g/mol. The van der Waals surface area contributed by atoms with Crippen LogP contribution in [0.3, 0.4) is 0 Å². The number of β-amino-alcohol motifs (C(OH)–C–C–N with tert-alkyl or cyclic N) is 2. The predicted octanol–water partition coefficient (Wildman–Crippen LogP) is -1.50. The third-order valence-electron chi connectivity index (χ3n) is 2.38. The van der Waals surface area contributed by atoms with Gasteiger partial charge in [-0.3, -0.25) is 4.79 Å². The number of aliphatic hydroxyl groups is 2. The van der Waals surface area contributed by atoms with Gasteiger partial charge in [-0.05, 0) is 14.1 Å². The van der Waals surface area contributed by atoms with Crippen LogP contribution < -0.4 is 0 Å². The third-order valence-corrected chi connectivity index (χ3v) is 2.38. The average molecular weight is 202 g/mol. The molecule has 0 aromatic carbocycles. The summed E-state index contributed by atoms with van der Waals surface area (Å²) < 4.78 is 0. The smallest absolute Gasteiger partial charge is 0.224 e. The van der Waals surface area contributed by atoms with Gasteiger partial charge in [0.05, 0.1) is 12.2 Å². The molecule has 82 valence electrons. The molecule has 5 nitrogen and oxygen atoms in total. The number of carbonyl (C=O) groups is 1. The Morgan fingerprint density at radius 3 is 2.29 bits per heavy atom.